The predicted octanol–water partition coefficient (Wildman–Crippen LogP) is 1.28. The summed E-state index contributed by atoms with van der Waals surface area (Å²) in [4.78, 5) is 11.0. The topological polar surface area (TPSA) is 52.6 Å². The Balaban J connectivity index is 1.77. The van der Waals surface area contributed by atoms with Crippen molar-refractivity contribution < 1.29 is 9.90 Å². The number of carbonyl (C=O) groups is 1. The van der Waals surface area contributed by atoms with Gasteiger partial charge in [-0.3, -0.25) is 10.2 Å². The first kappa shape index (κ1) is 12.1. The van der Waals surface area contributed by atoms with E-state index in [0.29, 0.717) is 0 Å². The number of nitrogens with one attached hydrogen (secondary N) is 1. The number of nitrogens with zero attached hydrogens (tertiary/aromatic N) is 1. The van der Waals surface area contributed by atoms with Gasteiger partial charge in [-0.15, -0.1) is 0 Å². The van der Waals surface area contributed by atoms with Crippen LogP contribution in [-0.4, -0.2) is 35.2 Å². The van der Waals surface area contributed by atoms with Crippen LogP contribution in [0.3, 0.4) is 0 Å². The molecule has 2 N–H and O–H groups in total. The number of hydrogen-bond donors (Lipinski definition) is 2. The maximum Gasteiger partial charge on any atom is 0.322 e. The van der Waals surface area contributed by atoms with Crippen LogP contribution in [0, 0.1) is 0 Å². The van der Waals surface area contributed by atoms with Crippen molar-refractivity contribution in [2.45, 2.75) is 25.3 Å². The summed E-state index contributed by atoms with van der Waals surface area (Å²) in [5.41, 5.74) is 4.48. The molecule has 0 saturated carbocycles. The van der Waals surface area contributed by atoms with Crippen molar-refractivity contribution in [2.24, 2.45) is 0 Å². The van der Waals surface area contributed by atoms with Gasteiger partial charge < -0.3 is 5.11 Å². The van der Waals surface area contributed by atoms with Crippen molar-refractivity contribution in [3.05, 3.63) is 35.9 Å². The SMILES string of the molecule is O=C(O)C1CCCN1NCCc1ccccc1. The summed E-state index contributed by atoms with van der Waals surface area (Å²) in [5.74, 6) is -0.727. The highest BCUT2D eigenvalue weighted by Gasteiger charge is 2.29. The van der Waals surface area contributed by atoms with E-state index in [9.17, 15) is 4.79 Å². The van der Waals surface area contributed by atoms with E-state index in [0.717, 1.165) is 32.4 Å². The van der Waals surface area contributed by atoms with E-state index in [2.05, 4.69) is 17.6 Å². The van der Waals surface area contributed by atoms with Gasteiger partial charge in [-0.1, -0.05) is 30.3 Å². The van der Waals surface area contributed by atoms with Crippen LogP contribution in [0.1, 0.15) is 18.4 Å². The molecule has 0 spiro atoms. The molecule has 4 nitrogen and oxygen atoms in total. The molecule has 1 aromatic rings. The molecule has 17 heavy (non-hydrogen) atoms. The fourth-order valence-corrected chi connectivity index (χ4v) is 2.20. The van der Waals surface area contributed by atoms with E-state index in [1.54, 1.807) is 0 Å². The Bertz CT molecular complexity index is 367. The molecule has 1 atom stereocenters. The van der Waals surface area contributed by atoms with Crippen molar-refractivity contribution in [1.82, 2.24) is 10.4 Å². The minimum absolute atomic E-state index is 0.356. The largest absolute Gasteiger partial charge is 0.480 e. The van der Waals surface area contributed by atoms with Gasteiger partial charge in [0.15, 0.2) is 0 Å². The van der Waals surface area contributed by atoms with Gasteiger partial charge in [0.25, 0.3) is 0 Å². The molecule has 92 valence electrons. The third-order valence-corrected chi connectivity index (χ3v) is 3.11. The minimum Gasteiger partial charge on any atom is -0.480 e. The zero-order chi connectivity index (χ0) is 12.1. The third-order valence-electron chi connectivity index (χ3n) is 3.11. The van der Waals surface area contributed by atoms with Gasteiger partial charge in [-0.25, -0.2) is 5.01 Å². The molecule has 2 rings (SSSR count). The highest BCUT2D eigenvalue weighted by atomic mass is 16.4. The highest BCUT2D eigenvalue weighted by Crippen LogP contribution is 2.14. The molecule has 0 amide bonds. The molecule has 1 saturated heterocycles. The lowest BCUT2D eigenvalue weighted by atomic mass is 10.2. The number of rotatable bonds is 5. The van der Waals surface area contributed by atoms with Crippen molar-refractivity contribution in [2.75, 3.05) is 13.1 Å². The van der Waals surface area contributed by atoms with Crippen molar-refractivity contribution in [3.63, 3.8) is 0 Å². The van der Waals surface area contributed by atoms with Gasteiger partial charge >= 0.3 is 5.97 Å². The summed E-state index contributed by atoms with van der Waals surface area (Å²) in [6, 6.07) is 9.85. The summed E-state index contributed by atoms with van der Waals surface area (Å²) in [5, 5.41) is 10.9. The van der Waals surface area contributed by atoms with Crippen LogP contribution in [0.25, 0.3) is 0 Å². The van der Waals surface area contributed by atoms with Crippen molar-refractivity contribution >= 4 is 5.97 Å². The molecule has 1 fully saturated rings. The van der Waals surface area contributed by atoms with Crippen LogP contribution in [0.15, 0.2) is 30.3 Å². The Morgan fingerprint density at radius 1 is 1.41 bits per heavy atom. The Labute approximate surface area is 101 Å². The number of hydrazine groups is 1. The van der Waals surface area contributed by atoms with Crippen LogP contribution in [-0.2, 0) is 11.2 Å². The lowest BCUT2D eigenvalue weighted by Gasteiger charge is -2.21. The van der Waals surface area contributed by atoms with E-state index in [1.807, 2.05) is 23.2 Å². The number of aliphatic carboxylic acids is 1. The number of carboxylic acid groups (broad SMARTS) is 1. The lowest BCUT2D eigenvalue weighted by molar-refractivity contribution is -0.143. The molecule has 1 unspecified atom stereocenters. The normalized spacial score (nSPS) is 20.6. The Kier molecular flexibility index (Phi) is 4.12. The fourth-order valence-electron chi connectivity index (χ4n) is 2.20. The highest BCUT2D eigenvalue weighted by molar-refractivity contribution is 5.73. The predicted molar refractivity (Wildman–Crippen MR) is 65.5 cm³/mol. The monoisotopic (exact) mass is 234 g/mol. The molecule has 1 aliphatic rings. The van der Waals surface area contributed by atoms with E-state index in [1.165, 1.54) is 5.56 Å². The molecule has 1 aromatic carbocycles. The molecular formula is C13H18N2O2. The van der Waals surface area contributed by atoms with Crippen molar-refractivity contribution in [3.8, 4) is 0 Å². The molecule has 4 heteroatoms. The van der Waals surface area contributed by atoms with Gasteiger partial charge in [0.1, 0.15) is 6.04 Å². The first-order valence-electron chi connectivity index (χ1n) is 6.04. The molecule has 1 heterocycles. The summed E-state index contributed by atoms with van der Waals surface area (Å²) in [6.45, 7) is 1.61. The van der Waals surface area contributed by atoms with Gasteiger partial charge in [-0.05, 0) is 24.8 Å². The van der Waals surface area contributed by atoms with Crippen LogP contribution in [0.4, 0.5) is 0 Å². The summed E-state index contributed by atoms with van der Waals surface area (Å²) >= 11 is 0. The second kappa shape index (κ2) is 5.80. The summed E-state index contributed by atoms with van der Waals surface area (Å²) in [6.07, 6.45) is 2.62. The molecule has 0 bridgehead atoms. The molecule has 1 aliphatic heterocycles. The minimum atomic E-state index is -0.727. The quantitative estimate of drug-likeness (QED) is 0.806. The van der Waals surface area contributed by atoms with Crippen LogP contribution in [0.5, 0.6) is 0 Å². The van der Waals surface area contributed by atoms with Gasteiger partial charge in [-0.2, -0.15) is 0 Å². The molecular weight excluding hydrogens is 216 g/mol. The summed E-state index contributed by atoms with van der Waals surface area (Å²) in [7, 11) is 0. The van der Waals surface area contributed by atoms with Crippen LogP contribution < -0.4 is 5.43 Å². The second-order valence-corrected chi connectivity index (χ2v) is 4.33. The fraction of sp³-hybridized carbons (Fsp3) is 0.462. The average Bonchev–Trinajstić information content (AvgIpc) is 2.79. The molecule has 0 radical (unpaired) electrons. The van der Waals surface area contributed by atoms with Crippen LogP contribution in [0.2, 0.25) is 0 Å². The maximum atomic E-state index is 11.0. The second-order valence-electron chi connectivity index (χ2n) is 4.33. The Hall–Kier alpha value is -1.39. The van der Waals surface area contributed by atoms with Crippen LogP contribution >= 0.6 is 0 Å². The maximum absolute atomic E-state index is 11.0. The average molecular weight is 234 g/mol. The zero-order valence-corrected chi connectivity index (χ0v) is 9.80. The van der Waals surface area contributed by atoms with Crippen molar-refractivity contribution in [1.29, 1.82) is 0 Å². The first-order valence-corrected chi connectivity index (χ1v) is 6.04. The Morgan fingerprint density at radius 3 is 2.88 bits per heavy atom. The van der Waals surface area contributed by atoms with Gasteiger partial charge in [0, 0.05) is 13.1 Å². The van der Waals surface area contributed by atoms with E-state index >= 15 is 0 Å². The lowest BCUT2D eigenvalue weighted by Crippen LogP contribution is -2.46. The number of carboxylic acids is 1. The summed E-state index contributed by atoms with van der Waals surface area (Å²) < 4.78 is 0. The zero-order valence-electron chi connectivity index (χ0n) is 9.80. The molecule has 0 aliphatic carbocycles. The number of benzene rings is 1. The van der Waals surface area contributed by atoms with E-state index in [4.69, 9.17) is 5.11 Å². The number of hydrogen-bond acceptors (Lipinski definition) is 3. The molecule has 0 aromatic heterocycles. The first-order chi connectivity index (χ1) is 8.27. The van der Waals surface area contributed by atoms with E-state index in [-0.39, 0.29) is 6.04 Å². The van der Waals surface area contributed by atoms with Gasteiger partial charge in [0.2, 0.25) is 0 Å². The third kappa shape index (κ3) is 3.28. The van der Waals surface area contributed by atoms with E-state index < -0.39 is 5.97 Å². The van der Waals surface area contributed by atoms with Gasteiger partial charge in [0.05, 0.1) is 0 Å². The standard InChI is InChI=1S/C13H18N2O2/c16-13(17)12-7-4-10-15(12)14-9-8-11-5-2-1-3-6-11/h1-3,5-6,12,14H,4,7-10H2,(H,16,17). The smallest absolute Gasteiger partial charge is 0.322 e. The Morgan fingerprint density at radius 2 is 2.18 bits per heavy atom.